The number of pyridine rings is 1. The molecule has 170 valence electrons. The monoisotopic (exact) mass is 561 g/mol. The molecule has 1 aromatic carbocycles. The first-order chi connectivity index (χ1) is 14.6. The molecule has 8 nitrogen and oxygen atoms in total. The first kappa shape index (κ1) is 25.1. The molecule has 1 fully saturated rings. The summed E-state index contributed by atoms with van der Waals surface area (Å²) < 4.78 is 16.4. The number of methoxy groups -OCH3 is 3. The Morgan fingerprint density at radius 3 is 2.61 bits per heavy atom. The van der Waals surface area contributed by atoms with Crippen LogP contribution in [0, 0.1) is 0 Å². The van der Waals surface area contributed by atoms with Gasteiger partial charge in [0.2, 0.25) is 5.75 Å². The Hall–Kier alpha value is -2.14. The lowest BCUT2D eigenvalue weighted by atomic mass is 10.1. The summed E-state index contributed by atoms with van der Waals surface area (Å²) in [7, 11) is 6.56. The molecule has 1 aliphatic rings. The first-order valence-electron chi connectivity index (χ1n) is 9.71. The number of benzene rings is 1. The number of aromatic nitrogens is 1. The lowest BCUT2D eigenvalue weighted by Gasteiger charge is -2.21. The van der Waals surface area contributed by atoms with Crippen molar-refractivity contribution in [2.24, 2.45) is 4.99 Å². The van der Waals surface area contributed by atoms with Gasteiger partial charge in [-0.2, -0.15) is 0 Å². The molecule has 2 aromatic rings. The molecule has 0 radical (unpaired) electrons. The molecule has 2 heterocycles. The molecular formula is C21H29ClIN5O3. The predicted octanol–water partition coefficient (Wildman–Crippen LogP) is 3.32. The molecule has 0 aliphatic carbocycles. The van der Waals surface area contributed by atoms with Crippen molar-refractivity contribution in [1.29, 1.82) is 0 Å². The normalized spacial score (nSPS) is 15.8. The number of guanidine groups is 1. The standard InChI is InChI=1S/C21H28ClN5O3.HI/c1-23-21(25-12-14-7-8-17(28-2)19(30-4)18(14)29-3)26-15-9-11-27(13-15)20-16(22)6-5-10-24-20;/h5-8,10,15H,9,11-13H2,1-4H3,(H2,23,25,26);1H. The smallest absolute Gasteiger partial charge is 0.203 e. The maximum absolute atomic E-state index is 6.29. The van der Waals surface area contributed by atoms with Gasteiger partial charge in [0.05, 0.1) is 26.4 Å². The van der Waals surface area contributed by atoms with Crippen LogP contribution in [0.4, 0.5) is 5.82 Å². The Labute approximate surface area is 205 Å². The highest BCUT2D eigenvalue weighted by molar-refractivity contribution is 14.0. The van der Waals surface area contributed by atoms with Crippen LogP contribution in [-0.2, 0) is 6.54 Å². The summed E-state index contributed by atoms with van der Waals surface area (Å²) in [5.74, 6) is 3.37. The van der Waals surface area contributed by atoms with Crippen LogP contribution >= 0.6 is 35.6 Å². The summed E-state index contributed by atoms with van der Waals surface area (Å²) in [5.41, 5.74) is 0.936. The molecule has 0 spiro atoms. The fraction of sp³-hybridized carbons (Fsp3) is 0.429. The fourth-order valence-electron chi connectivity index (χ4n) is 3.55. The van der Waals surface area contributed by atoms with Gasteiger partial charge in [0, 0.05) is 44.5 Å². The van der Waals surface area contributed by atoms with Crippen molar-refractivity contribution in [1.82, 2.24) is 15.6 Å². The van der Waals surface area contributed by atoms with Crippen LogP contribution in [0.3, 0.4) is 0 Å². The number of ether oxygens (including phenoxy) is 3. The van der Waals surface area contributed by atoms with E-state index in [-0.39, 0.29) is 30.0 Å². The van der Waals surface area contributed by atoms with E-state index in [1.165, 1.54) is 0 Å². The number of rotatable bonds is 7. The minimum atomic E-state index is 0. The maximum Gasteiger partial charge on any atom is 0.203 e. The average molecular weight is 562 g/mol. The van der Waals surface area contributed by atoms with Gasteiger partial charge < -0.3 is 29.7 Å². The molecule has 0 bridgehead atoms. The van der Waals surface area contributed by atoms with Crippen molar-refractivity contribution in [2.45, 2.75) is 19.0 Å². The Balaban J connectivity index is 0.00000341. The third-order valence-electron chi connectivity index (χ3n) is 5.02. The van der Waals surface area contributed by atoms with E-state index in [1.807, 2.05) is 24.3 Å². The molecule has 3 rings (SSSR count). The van der Waals surface area contributed by atoms with Crippen LogP contribution in [0.15, 0.2) is 35.5 Å². The SMILES string of the molecule is CN=C(NCc1ccc(OC)c(OC)c1OC)NC1CCN(c2ncccc2Cl)C1.I. The van der Waals surface area contributed by atoms with Crippen molar-refractivity contribution in [3.05, 3.63) is 41.0 Å². The molecule has 1 unspecified atom stereocenters. The van der Waals surface area contributed by atoms with Gasteiger partial charge in [-0.15, -0.1) is 24.0 Å². The number of nitrogens with one attached hydrogen (secondary N) is 2. The van der Waals surface area contributed by atoms with Crippen LogP contribution in [0.25, 0.3) is 0 Å². The van der Waals surface area contributed by atoms with E-state index in [9.17, 15) is 0 Å². The van der Waals surface area contributed by atoms with E-state index < -0.39 is 0 Å². The van der Waals surface area contributed by atoms with Crippen LogP contribution < -0.4 is 29.7 Å². The molecule has 10 heteroatoms. The highest BCUT2D eigenvalue weighted by Gasteiger charge is 2.25. The fourth-order valence-corrected chi connectivity index (χ4v) is 3.79. The topological polar surface area (TPSA) is 80.2 Å². The van der Waals surface area contributed by atoms with E-state index in [4.69, 9.17) is 25.8 Å². The Morgan fingerprint density at radius 1 is 1.19 bits per heavy atom. The van der Waals surface area contributed by atoms with Gasteiger partial charge in [-0.25, -0.2) is 4.98 Å². The third kappa shape index (κ3) is 5.97. The zero-order valence-electron chi connectivity index (χ0n) is 18.1. The summed E-state index contributed by atoms with van der Waals surface area (Å²) >= 11 is 6.29. The van der Waals surface area contributed by atoms with E-state index >= 15 is 0 Å². The van der Waals surface area contributed by atoms with Crippen molar-refractivity contribution in [3.8, 4) is 17.2 Å². The summed E-state index contributed by atoms with van der Waals surface area (Å²) in [4.78, 5) is 10.9. The van der Waals surface area contributed by atoms with Crippen LogP contribution in [0.2, 0.25) is 5.02 Å². The maximum atomic E-state index is 6.29. The molecule has 1 atom stereocenters. The van der Waals surface area contributed by atoms with Crippen molar-refractivity contribution in [3.63, 3.8) is 0 Å². The Bertz CT molecular complexity index is 899. The van der Waals surface area contributed by atoms with Crippen LogP contribution in [0.5, 0.6) is 17.2 Å². The summed E-state index contributed by atoms with van der Waals surface area (Å²) in [5, 5.41) is 7.49. The quantitative estimate of drug-likeness (QED) is 0.305. The Morgan fingerprint density at radius 2 is 1.97 bits per heavy atom. The van der Waals surface area contributed by atoms with Gasteiger partial charge in [0.25, 0.3) is 0 Å². The van der Waals surface area contributed by atoms with Gasteiger partial charge in [-0.3, -0.25) is 4.99 Å². The Kier molecular flexibility index (Phi) is 9.76. The molecule has 1 aromatic heterocycles. The average Bonchev–Trinajstić information content (AvgIpc) is 3.24. The summed E-state index contributed by atoms with van der Waals surface area (Å²) in [6, 6.07) is 7.75. The highest BCUT2D eigenvalue weighted by Crippen LogP contribution is 2.39. The number of hydrogen-bond acceptors (Lipinski definition) is 6. The molecule has 2 N–H and O–H groups in total. The van der Waals surface area contributed by atoms with Crippen LogP contribution in [-0.4, -0.2) is 58.5 Å². The van der Waals surface area contributed by atoms with Gasteiger partial charge in [-0.1, -0.05) is 11.6 Å². The van der Waals surface area contributed by atoms with Gasteiger partial charge in [0.1, 0.15) is 5.82 Å². The second-order valence-corrected chi connectivity index (χ2v) is 7.21. The third-order valence-corrected chi connectivity index (χ3v) is 5.32. The highest BCUT2D eigenvalue weighted by atomic mass is 127. The minimum Gasteiger partial charge on any atom is -0.493 e. The van der Waals surface area contributed by atoms with E-state index in [1.54, 1.807) is 34.6 Å². The van der Waals surface area contributed by atoms with E-state index in [0.29, 0.717) is 34.8 Å². The lowest BCUT2D eigenvalue weighted by molar-refractivity contribution is 0.322. The molecule has 31 heavy (non-hydrogen) atoms. The first-order valence-corrected chi connectivity index (χ1v) is 10.1. The zero-order valence-corrected chi connectivity index (χ0v) is 21.2. The van der Waals surface area contributed by atoms with Crippen molar-refractivity contribution >= 4 is 47.4 Å². The molecule has 1 saturated heterocycles. The summed E-state index contributed by atoms with van der Waals surface area (Å²) in [6.07, 6.45) is 2.73. The zero-order chi connectivity index (χ0) is 21.5. The van der Waals surface area contributed by atoms with E-state index in [2.05, 4.69) is 25.5 Å². The molecule has 0 saturated carbocycles. The number of halogens is 2. The predicted molar refractivity (Wildman–Crippen MR) is 135 cm³/mol. The molecule has 1 aliphatic heterocycles. The summed E-state index contributed by atoms with van der Waals surface area (Å²) in [6.45, 7) is 2.21. The largest absolute Gasteiger partial charge is 0.493 e. The second-order valence-electron chi connectivity index (χ2n) is 6.80. The van der Waals surface area contributed by atoms with Crippen LogP contribution in [0.1, 0.15) is 12.0 Å². The van der Waals surface area contributed by atoms with Crippen molar-refractivity contribution < 1.29 is 14.2 Å². The van der Waals surface area contributed by atoms with Gasteiger partial charge in [-0.05, 0) is 30.7 Å². The number of anilines is 1. The molecule has 0 amide bonds. The van der Waals surface area contributed by atoms with E-state index in [0.717, 1.165) is 30.9 Å². The lowest BCUT2D eigenvalue weighted by Crippen LogP contribution is -2.44. The van der Waals surface area contributed by atoms with Gasteiger partial charge in [0.15, 0.2) is 17.5 Å². The number of hydrogen-bond donors (Lipinski definition) is 2. The second kappa shape index (κ2) is 12.0. The number of nitrogens with zero attached hydrogens (tertiary/aromatic N) is 3. The minimum absolute atomic E-state index is 0. The number of aliphatic imine (C=N–C) groups is 1. The van der Waals surface area contributed by atoms with Crippen molar-refractivity contribution in [2.75, 3.05) is 46.4 Å². The molecular weight excluding hydrogens is 533 g/mol. The van der Waals surface area contributed by atoms with Gasteiger partial charge >= 0.3 is 0 Å².